The van der Waals surface area contributed by atoms with Crippen LogP contribution in [0.2, 0.25) is 0 Å². The van der Waals surface area contributed by atoms with E-state index in [0.29, 0.717) is 6.54 Å². The fourth-order valence-corrected chi connectivity index (χ4v) is 2.75. The number of hydrogen-bond donors (Lipinski definition) is 2. The lowest BCUT2D eigenvalue weighted by molar-refractivity contribution is -0.121. The Kier molecular flexibility index (Phi) is 3.85. The van der Waals surface area contributed by atoms with Crippen molar-refractivity contribution in [1.29, 1.82) is 0 Å². The van der Waals surface area contributed by atoms with Gasteiger partial charge in [0.25, 0.3) is 0 Å². The number of rotatable bonds is 4. The number of aromatic nitrogens is 2. The van der Waals surface area contributed by atoms with Gasteiger partial charge in [0.05, 0.1) is 6.20 Å². The van der Waals surface area contributed by atoms with Gasteiger partial charge in [-0.3, -0.25) is 9.48 Å². The number of nitrogens with one attached hydrogen (secondary N) is 1. The fraction of sp³-hybridized carbons (Fsp3) is 0.375. The standard InChI is InChI=1S/C16H20N4O2/c1-10-3-11-5-13(6-17)22-16(11)14(4-10)12-7-19-20(8-12)9-15(21)18-2/h3-4,7-8,13H,5-6,9,17H2,1-2H3,(H,18,21). The van der Waals surface area contributed by atoms with Crippen LogP contribution in [0, 0.1) is 6.92 Å². The second-order valence-corrected chi connectivity index (χ2v) is 5.58. The summed E-state index contributed by atoms with van der Waals surface area (Å²) >= 11 is 0. The van der Waals surface area contributed by atoms with Gasteiger partial charge < -0.3 is 15.8 Å². The maximum atomic E-state index is 11.4. The van der Waals surface area contributed by atoms with Gasteiger partial charge in [-0.05, 0) is 24.1 Å². The first-order valence-electron chi connectivity index (χ1n) is 7.34. The molecule has 0 saturated heterocycles. The number of amides is 1. The van der Waals surface area contributed by atoms with Gasteiger partial charge in [0.2, 0.25) is 5.91 Å². The lowest BCUT2D eigenvalue weighted by Crippen LogP contribution is -2.24. The van der Waals surface area contributed by atoms with E-state index in [0.717, 1.165) is 23.3 Å². The molecule has 6 heteroatoms. The molecular formula is C16H20N4O2. The summed E-state index contributed by atoms with van der Waals surface area (Å²) in [5.41, 5.74) is 10.0. The van der Waals surface area contributed by atoms with Crippen molar-refractivity contribution < 1.29 is 9.53 Å². The zero-order valence-electron chi connectivity index (χ0n) is 12.8. The second-order valence-electron chi connectivity index (χ2n) is 5.58. The number of likely N-dealkylation sites (N-methyl/N-ethyl adjacent to an activating group) is 1. The summed E-state index contributed by atoms with van der Waals surface area (Å²) in [4.78, 5) is 11.4. The zero-order chi connectivity index (χ0) is 15.7. The van der Waals surface area contributed by atoms with Crippen LogP contribution < -0.4 is 15.8 Å². The highest BCUT2D eigenvalue weighted by Crippen LogP contribution is 2.39. The molecule has 22 heavy (non-hydrogen) atoms. The van der Waals surface area contributed by atoms with E-state index in [-0.39, 0.29) is 18.6 Å². The molecule has 6 nitrogen and oxygen atoms in total. The van der Waals surface area contributed by atoms with Crippen molar-refractivity contribution in [2.45, 2.75) is 26.0 Å². The molecule has 116 valence electrons. The third-order valence-electron chi connectivity index (χ3n) is 3.83. The van der Waals surface area contributed by atoms with E-state index in [4.69, 9.17) is 10.5 Å². The van der Waals surface area contributed by atoms with E-state index in [1.165, 1.54) is 11.1 Å². The first-order chi connectivity index (χ1) is 10.6. The van der Waals surface area contributed by atoms with E-state index in [1.807, 2.05) is 6.20 Å². The van der Waals surface area contributed by atoms with Gasteiger partial charge in [-0.15, -0.1) is 0 Å². The van der Waals surface area contributed by atoms with Crippen LogP contribution in [0.25, 0.3) is 11.1 Å². The molecule has 0 spiro atoms. The molecule has 2 aromatic rings. The number of carbonyl (C=O) groups excluding carboxylic acids is 1. The minimum atomic E-state index is -0.0800. The average molecular weight is 300 g/mol. The normalized spacial score (nSPS) is 16.2. The smallest absolute Gasteiger partial charge is 0.241 e. The molecule has 1 aromatic heterocycles. The van der Waals surface area contributed by atoms with E-state index in [9.17, 15) is 4.79 Å². The van der Waals surface area contributed by atoms with Crippen molar-refractivity contribution >= 4 is 5.91 Å². The van der Waals surface area contributed by atoms with Crippen LogP contribution in [0.4, 0.5) is 0 Å². The van der Waals surface area contributed by atoms with Crippen molar-refractivity contribution in [3.8, 4) is 16.9 Å². The highest BCUT2D eigenvalue weighted by molar-refractivity contribution is 5.76. The van der Waals surface area contributed by atoms with Crippen LogP contribution in [-0.4, -0.2) is 35.4 Å². The lowest BCUT2D eigenvalue weighted by Gasteiger charge is -2.10. The van der Waals surface area contributed by atoms with Crippen LogP contribution in [0.5, 0.6) is 5.75 Å². The molecule has 1 aliphatic rings. The monoisotopic (exact) mass is 300 g/mol. The lowest BCUT2D eigenvalue weighted by atomic mass is 10.00. The van der Waals surface area contributed by atoms with Crippen LogP contribution in [-0.2, 0) is 17.8 Å². The Balaban J connectivity index is 1.94. The summed E-state index contributed by atoms with van der Waals surface area (Å²) in [5, 5.41) is 6.84. The van der Waals surface area contributed by atoms with Crippen molar-refractivity contribution in [2.75, 3.05) is 13.6 Å². The molecule has 3 rings (SSSR count). The Hall–Kier alpha value is -2.34. The van der Waals surface area contributed by atoms with Gasteiger partial charge in [0.15, 0.2) is 0 Å². The van der Waals surface area contributed by atoms with Crippen LogP contribution in [0.1, 0.15) is 11.1 Å². The largest absolute Gasteiger partial charge is 0.488 e. The van der Waals surface area contributed by atoms with Gasteiger partial charge in [0, 0.05) is 37.3 Å². The molecule has 1 aliphatic heterocycles. The second kappa shape index (κ2) is 5.81. The van der Waals surface area contributed by atoms with Crippen LogP contribution in [0.15, 0.2) is 24.5 Å². The number of fused-ring (bicyclic) bond motifs is 1. The fourth-order valence-electron chi connectivity index (χ4n) is 2.75. The van der Waals surface area contributed by atoms with Crippen LogP contribution >= 0.6 is 0 Å². The average Bonchev–Trinajstić information content (AvgIpc) is 3.12. The zero-order valence-corrected chi connectivity index (χ0v) is 12.8. The predicted molar refractivity (Wildman–Crippen MR) is 83.6 cm³/mol. The van der Waals surface area contributed by atoms with E-state index in [2.05, 4.69) is 29.5 Å². The molecule has 0 radical (unpaired) electrons. The number of nitrogens with zero attached hydrogens (tertiary/aromatic N) is 2. The van der Waals surface area contributed by atoms with E-state index in [1.54, 1.807) is 17.9 Å². The number of aryl methyl sites for hydroxylation is 1. The van der Waals surface area contributed by atoms with Gasteiger partial charge in [-0.1, -0.05) is 6.07 Å². The molecule has 0 aliphatic carbocycles. The molecule has 1 amide bonds. The Labute approximate surface area is 129 Å². The summed E-state index contributed by atoms with van der Waals surface area (Å²) < 4.78 is 7.59. The maximum Gasteiger partial charge on any atom is 0.241 e. The molecular weight excluding hydrogens is 280 g/mol. The summed E-state index contributed by atoms with van der Waals surface area (Å²) in [5.74, 6) is 0.809. The van der Waals surface area contributed by atoms with Gasteiger partial charge in [-0.2, -0.15) is 5.10 Å². The first-order valence-corrected chi connectivity index (χ1v) is 7.34. The first kappa shape index (κ1) is 14.6. The predicted octanol–water partition coefficient (Wildman–Crippen LogP) is 0.867. The molecule has 1 unspecified atom stereocenters. The maximum absolute atomic E-state index is 11.4. The number of hydrogen-bond acceptors (Lipinski definition) is 4. The third kappa shape index (κ3) is 2.69. The topological polar surface area (TPSA) is 82.2 Å². The SMILES string of the molecule is CNC(=O)Cn1cc(-c2cc(C)cc3c2OC(CN)C3)cn1. The van der Waals surface area contributed by atoms with Crippen molar-refractivity contribution in [3.05, 3.63) is 35.7 Å². The number of benzene rings is 1. The van der Waals surface area contributed by atoms with E-state index >= 15 is 0 Å². The highest BCUT2D eigenvalue weighted by atomic mass is 16.5. The summed E-state index contributed by atoms with van der Waals surface area (Å²) in [6.07, 6.45) is 4.50. The molecule has 1 atom stereocenters. The summed E-state index contributed by atoms with van der Waals surface area (Å²) in [6.45, 7) is 2.77. The van der Waals surface area contributed by atoms with Gasteiger partial charge in [-0.25, -0.2) is 0 Å². The molecule has 0 fully saturated rings. The Morgan fingerprint density at radius 3 is 3.09 bits per heavy atom. The van der Waals surface area contributed by atoms with Gasteiger partial charge in [0.1, 0.15) is 18.4 Å². The molecule has 0 saturated carbocycles. The third-order valence-corrected chi connectivity index (χ3v) is 3.83. The number of ether oxygens (including phenoxy) is 1. The van der Waals surface area contributed by atoms with Gasteiger partial charge >= 0.3 is 0 Å². The van der Waals surface area contributed by atoms with Crippen molar-refractivity contribution in [1.82, 2.24) is 15.1 Å². The van der Waals surface area contributed by atoms with Crippen LogP contribution in [0.3, 0.4) is 0 Å². The van der Waals surface area contributed by atoms with Crippen molar-refractivity contribution in [2.24, 2.45) is 5.73 Å². The Morgan fingerprint density at radius 1 is 1.55 bits per heavy atom. The molecule has 3 N–H and O–H groups in total. The van der Waals surface area contributed by atoms with E-state index < -0.39 is 0 Å². The molecule has 1 aromatic carbocycles. The number of nitrogens with two attached hydrogens (primary N) is 1. The minimum Gasteiger partial charge on any atom is -0.488 e. The number of carbonyl (C=O) groups is 1. The molecule has 0 bridgehead atoms. The summed E-state index contributed by atoms with van der Waals surface area (Å²) in [7, 11) is 1.61. The van der Waals surface area contributed by atoms with Crippen molar-refractivity contribution in [3.63, 3.8) is 0 Å². The summed E-state index contributed by atoms with van der Waals surface area (Å²) in [6, 6.07) is 4.22. The quantitative estimate of drug-likeness (QED) is 0.877. The highest BCUT2D eigenvalue weighted by Gasteiger charge is 2.25. The Bertz CT molecular complexity index is 708. The Morgan fingerprint density at radius 2 is 2.36 bits per heavy atom. The minimum absolute atomic E-state index is 0.0384. The molecule has 2 heterocycles.